The fourth-order valence-electron chi connectivity index (χ4n) is 1.68. The van der Waals surface area contributed by atoms with Crippen molar-refractivity contribution in [3.8, 4) is 0 Å². The topological polar surface area (TPSA) is 40.7 Å². The SMILES string of the molecule is C[C@H]1CNC[C@@H]1c1c[nH]cn1.Cl.Cl. The van der Waals surface area contributed by atoms with Crippen molar-refractivity contribution in [1.29, 1.82) is 0 Å². The highest BCUT2D eigenvalue weighted by Crippen LogP contribution is 2.25. The molecule has 0 saturated carbocycles. The molecule has 0 aromatic carbocycles. The Kier molecular flexibility index (Phi) is 5.37. The number of aromatic nitrogens is 2. The van der Waals surface area contributed by atoms with Crippen LogP contribution in [-0.2, 0) is 0 Å². The summed E-state index contributed by atoms with van der Waals surface area (Å²) in [4.78, 5) is 7.24. The molecule has 1 aliphatic rings. The molecule has 0 amide bonds. The molecule has 1 fully saturated rings. The fourth-order valence-corrected chi connectivity index (χ4v) is 1.68. The molecule has 3 nitrogen and oxygen atoms in total. The van der Waals surface area contributed by atoms with E-state index in [2.05, 4.69) is 22.2 Å². The van der Waals surface area contributed by atoms with Gasteiger partial charge in [0.1, 0.15) is 0 Å². The molecule has 2 N–H and O–H groups in total. The van der Waals surface area contributed by atoms with Gasteiger partial charge in [-0.05, 0) is 12.5 Å². The Bertz CT molecular complexity index is 225. The van der Waals surface area contributed by atoms with E-state index in [0.717, 1.165) is 19.0 Å². The van der Waals surface area contributed by atoms with Gasteiger partial charge in [0.25, 0.3) is 0 Å². The molecular weight excluding hydrogens is 209 g/mol. The van der Waals surface area contributed by atoms with Crippen LogP contribution in [0, 0.1) is 5.92 Å². The molecule has 1 aliphatic heterocycles. The maximum Gasteiger partial charge on any atom is 0.0923 e. The second-order valence-electron chi connectivity index (χ2n) is 3.24. The first-order chi connectivity index (χ1) is 5.38. The number of hydrogen-bond acceptors (Lipinski definition) is 2. The van der Waals surface area contributed by atoms with Crippen LogP contribution < -0.4 is 5.32 Å². The molecule has 1 saturated heterocycles. The van der Waals surface area contributed by atoms with Crippen molar-refractivity contribution in [2.24, 2.45) is 5.92 Å². The van der Waals surface area contributed by atoms with Crippen molar-refractivity contribution in [3.63, 3.8) is 0 Å². The van der Waals surface area contributed by atoms with E-state index in [0.29, 0.717) is 5.92 Å². The number of halogens is 2. The molecule has 0 bridgehead atoms. The molecule has 0 aliphatic carbocycles. The standard InChI is InChI=1S/C8H13N3.2ClH/c1-6-2-9-3-7(6)8-4-10-5-11-8;;/h4-7,9H,2-3H2,1H3,(H,10,11);2*1H/t6-,7-;;/m0../s1. The molecule has 1 aromatic rings. The molecule has 13 heavy (non-hydrogen) atoms. The van der Waals surface area contributed by atoms with Crippen molar-refractivity contribution in [1.82, 2.24) is 15.3 Å². The number of aromatic amines is 1. The smallest absolute Gasteiger partial charge is 0.0923 e. The monoisotopic (exact) mass is 223 g/mol. The first-order valence-corrected chi connectivity index (χ1v) is 4.07. The van der Waals surface area contributed by atoms with Crippen molar-refractivity contribution in [3.05, 3.63) is 18.2 Å². The minimum absolute atomic E-state index is 0. The average molecular weight is 224 g/mol. The third-order valence-corrected chi connectivity index (χ3v) is 2.42. The number of hydrogen-bond donors (Lipinski definition) is 2. The summed E-state index contributed by atoms with van der Waals surface area (Å²) >= 11 is 0. The van der Waals surface area contributed by atoms with Crippen LogP contribution in [0.1, 0.15) is 18.5 Å². The molecule has 0 radical (unpaired) electrons. The Morgan fingerprint density at radius 3 is 2.62 bits per heavy atom. The molecule has 76 valence electrons. The van der Waals surface area contributed by atoms with E-state index in [9.17, 15) is 0 Å². The molecule has 5 heteroatoms. The highest BCUT2D eigenvalue weighted by atomic mass is 35.5. The summed E-state index contributed by atoms with van der Waals surface area (Å²) in [6.07, 6.45) is 3.74. The summed E-state index contributed by atoms with van der Waals surface area (Å²) in [5, 5.41) is 3.36. The van der Waals surface area contributed by atoms with Gasteiger partial charge >= 0.3 is 0 Å². The van der Waals surface area contributed by atoms with Gasteiger partial charge in [0.2, 0.25) is 0 Å². The number of nitrogens with zero attached hydrogens (tertiary/aromatic N) is 1. The van der Waals surface area contributed by atoms with Crippen LogP contribution >= 0.6 is 24.8 Å². The van der Waals surface area contributed by atoms with E-state index >= 15 is 0 Å². The van der Waals surface area contributed by atoms with Crippen LogP contribution in [0.25, 0.3) is 0 Å². The summed E-state index contributed by atoms with van der Waals surface area (Å²) < 4.78 is 0. The summed E-state index contributed by atoms with van der Waals surface area (Å²) in [7, 11) is 0. The van der Waals surface area contributed by atoms with Crippen LogP contribution in [0.15, 0.2) is 12.5 Å². The number of imidazole rings is 1. The minimum atomic E-state index is 0. The van der Waals surface area contributed by atoms with Crippen molar-refractivity contribution in [2.45, 2.75) is 12.8 Å². The quantitative estimate of drug-likeness (QED) is 0.760. The Labute approximate surface area is 90.5 Å². The normalized spacial score (nSPS) is 26.2. The lowest BCUT2D eigenvalue weighted by atomic mass is 9.95. The van der Waals surface area contributed by atoms with Crippen LogP contribution in [0.2, 0.25) is 0 Å². The first kappa shape index (κ1) is 12.8. The second-order valence-corrected chi connectivity index (χ2v) is 3.24. The van der Waals surface area contributed by atoms with Gasteiger partial charge in [0.15, 0.2) is 0 Å². The van der Waals surface area contributed by atoms with E-state index in [-0.39, 0.29) is 24.8 Å². The van der Waals surface area contributed by atoms with Gasteiger partial charge in [0.05, 0.1) is 12.0 Å². The Hall–Kier alpha value is -0.250. The summed E-state index contributed by atoms with van der Waals surface area (Å²) in [6, 6.07) is 0. The third kappa shape index (κ3) is 2.59. The maximum absolute atomic E-state index is 4.25. The van der Waals surface area contributed by atoms with Crippen LogP contribution in [0.5, 0.6) is 0 Å². The lowest BCUT2D eigenvalue weighted by molar-refractivity contribution is 0.562. The molecule has 0 unspecified atom stereocenters. The predicted octanol–water partition coefficient (Wildman–Crippen LogP) is 1.58. The predicted molar refractivity (Wildman–Crippen MR) is 57.9 cm³/mol. The largest absolute Gasteiger partial charge is 0.351 e. The summed E-state index contributed by atoms with van der Waals surface area (Å²) in [5.74, 6) is 1.33. The highest BCUT2D eigenvalue weighted by Gasteiger charge is 2.25. The number of H-pyrrole nitrogens is 1. The molecule has 1 aromatic heterocycles. The lowest BCUT2D eigenvalue weighted by Gasteiger charge is -2.09. The van der Waals surface area contributed by atoms with E-state index in [1.165, 1.54) is 5.69 Å². The van der Waals surface area contributed by atoms with E-state index < -0.39 is 0 Å². The van der Waals surface area contributed by atoms with Gasteiger partial charge in [-0.2, -0.15) is 0 Å². The zero-order chi connectivity index (χ0) is 7.68. The Morgan fingerprint density at radius 1 is 1.38 bits per heavy atom. The maximum atomic E-state index is 4.25. The van der Waals surface area contributed by atoms with Gasteiger partial charge in [-0.15, -0.1) is 24.8 Å². The van der Waals surface area contributed by atoms with Gasteiger partial charge in [-0.3, -0.25) is 0 Å². The zero-order valence-corrected chi connectivity index (χ0v) is 9.12. The molecule has 0 spiro atoms. The molecule has 2 rings (SSSR count). The van der Waals surface area contributed by atoms with E-state index in [4.69, 9.17) is 0 Å². The van der Waals surface area contributed by atoms with Crippen LogP contribution in [-0.4, -0.2) is 23.1 Å². The van der Waals surface area contributed by atoms with Gasteiger partial charge in [-0.25, -0.2) is 4.98 Å². The fraction of sp³-hybridized carbons (Fsp3) is 0.625. The average Bonchev–Trinajstić information content (AvgIpc) is 2.55. The minimum Gasteiger partial charge on any atom is -0.351 e. The van der Waals surface area contributed by atoms with Crippen molar-refractivity contribution in [2.75, 3.05) is 13.1 Å². The van der Waals surface area contributed by atoms with Crippen LogP contribution in [0.3, 0.4) is 0 Å². The van der Waals surface area contributed by atoms with E-state index in [1.54, 1.807) is 6.33 Å². The number of nitrogens with one attached hydrogen (secondary N) is 2. The number of rotatable bonds is 1. The first-order valence-electron chi connectivity index (χ1n) is 4.07. The second kappa shape index (κ2) is 5.47. The molecular formula is C8H15Cl2N3. The third-order valence-electron chi connectivity index (χ3n) is 2.42. The summed E-state index contributed by atoms with van der Waals surface area (Å²) in [5.41, 5.74) is 1.20. The Morgan fingerprint density at radius 2 is 2.15 bits per heavy atom. The van der Waals surface area contributed by atoms with Crippen LogP contribution in [0.4, 0.5) is 0 Å². The summed E-state index contributed by atoms with van der Waals surface area (Å²) in [6.45, 7) is 4.46. The van der Waals surface area contributed by atoms with E-state index in [1.807, 2.05) is 6.20 Å². The zero-order valence-electron chi connectivity index (χ0n) is 7.49. The molecule has 2 atom stereocenters. The molecule has 2 heterocycles. The van der Waals surface area contributed by atoms with Crippen molar-refractivity contribution < 1.29 is 0 Å². The van der Waals surface area contributed by atoms with Gasteiger partial charge < -0.3 is 10.3 Å². The van der Waals surface area contributed by atoms with Crippen molar-refractivity contribution >= 4 is 24.8 Å². The van der Waals surface area contributed by atoms with Gasteiger partial charge in [-0.1, -0.05) is 6.92 Å². The van der Waals surface area contributed by atoms with Gasteiger partial charge in [0, 0.05) is 18.7 Å². The Balaban J connectivity index is 0.000000720. The highest BCUT2D eigenvalue weighted by molar-refractivity contribution is 5.85. The lowest BCUT2D eigenvalue weighted by Crippen LogP contribution is -2.08.